The van der Waals surface area contributed by atoms with Gasteiger partial charge in [-0.2, -0.15) is 0 Å². The monoisotopic (exact) mass is 313 g/mol. The molecule has 2 heterocycles. The lowest BCUT2D eigenvalue weighted by atomic mass is 10.2. The molecule has 0 bridgehead atoms. The van der Waals surface area contributed by atoms with Crippen molar-refractivity contribution in [3.63, 3.8) is 0 Å². The molecular formula is C18H23N3O2. The number of H-pyrrole nitrogens is 1. The number of carbonyl (C=O) groups excluding carboxylic acids is 1. The maximum atomic E-state index is 12.6. The third kappa shape index (κ3) is 3.18. The quantitative estimate of drug-likeness (QED) is 0.948. The van der Waals surface area contributed by atoms with Crippen LogP contribution >= 0.6 is 0 Å². The Kier molecular flexibility index (Phi) is 4.55. The van der Waals surface area contributed by atoms with E-state index in [1.807, 2.05) is 35.2 Å². The fraction of sp³-hybridized carbons (Fsp3) is 0.389. The molecule has 1 atom stereocenters. The molecule has 5 nitrogen and oxygen atoms in total. The van der Waals surface area contributed by atoms with Crippen molar-refractivity contribution in [1.82, 2.24) is 9.88 Å². The fourth-order valence-corrected chi connectivity index (χ4v) is 3.11. The molecule has 1 unspecified atom stereocenters. The van der Waals surface area contributed by atoms with Crippen LogP contribution in [-0.4, -0.2) is 48.6 Å². The minimum Gasteiger partial charge on any atom is -0.495 e. The van der Waals surface area contributed by atoms with Crippen LogP contribution in [0.3, 0.4) is 0 Å². The van der Waals surface area contributed by atoms with E-state index >= 15 is 0 Å². The van der Waals surface area contributed by atoms with Crippen LogP contribution in [0.25, 0.3) is 0 Å². The number of rotatable bonds is 3. The first-order valence-electron chi connectivity index (χ1n) is 8.03. The Bertz CT molecular complexity index is 654. The predicted octanol–water partition coefficient (Wildman–Crippen LogP) is 2.76. The van der Waals surface area contributed by atoms with Crippen LogP contribution in [0.4, 0.5) is 5.69 Å². The molecule has 1 amide bonds. The van der Waals surface area contributed by atoms with E-state index in [9.17, 15) is 4.79 Å². The first-order chi connectivity index (χ1) is 11.2. The fourth-order valence-electron chi connectivity index (χ4n) is 3.11. The van der Waals surface area contributed by atoms with Gasteiger partial charge in [0.1, 0.15) is 11.4 Å². The number of ether oxygens (including phenoxy) is 1. The van der Waals surface area contributed by atoms with Gasteiger partial charge >= 0.3 is 0 Å². The number of aromatic nitrogens is 1. The largest absolute Gasteiger partial charge is 0.495 e. The third-order valence-electron chi connectivity index (χ3n) is 4.47. The number of para-hydroxylation sites is 2. The van der Waals surface area contributed by atoms with Gasteiger partial charge in [0.25, 0.3) is 5.91 Å². The summed E-state index contributed by atoms with van der Waals surface area (Å²) in [5.74, 6) is 0.952. The second-order valence-corrected chi connectivity index (χ2v) is 5.88. The van der Waals surface area contributed by atoms with E-state index in [1.165, 1.54) is 0 Å². The van der Waals surface area contributed by atoms with Crippen molar-refractivity contribution in [1.29, 1.82) is 0 Å². The molecule has 1 aromatic heterocycles. The maximum Gasteiger partial charge on any atom is 0.270 e. The standard InChI is InChI=1S/C18H23N3O2/c1-14-9-11-20(16-7-3-4-8-17(16)23-2)12-13-21(14)18(22)15-6-5-10-19-15/h3-8,10,14,19H,9,11-13H2,1-2H3. The number of nitrogens with zero attached hydrogens (tertiary/aromatic N) is 2. The van der Waals surface area contributed by atoms with Gasteiger partial charge in [-0.15, -0.1) is 0 Å². The van der Waals surface area contributed by atoms with E-state index in [1.54, 1.807) is 13.3 Å². The summed E-state index contributed by atoms with van der Waals surface area (Å²) in [7, 11) is 1.69. The Morgan fingerprint density at radius 1 is 1.17 bits per heavy atom. The SMILES string of the molecule is COc1ccccc1N1CCC(C)N(C(=O)c2ccc[nH]2)CC1. The molecule has 0 spiro atoms. The van der Waals surface area contributed by atoms with Crippen LogP contribution in [0.15, 0.2) is 42.6 Å². The highest BCUT2D eigenvalue weighted by atomic mass is 16.5. The molecule has 0 saturated carbocycles. The van der Waals surface area contributed by atoms with E-state index in [2.05, 4.69) is 22.9 Å². The van der Waals surface area contributed by atoms with Gasteiger partial charge in [-0.1, -0.05) is 12.1 Å². The van der Waals surface area contributed by atoms with Crippen molar-refractivity contribution in [2.45, 2.75) is 19.4 Å². The number of anilines is 1. The summed E-state index contributed by atoms with van der Waals surface area (Å²) < 4.78 is 5.47. The van der Waals surface area contributed by atoms with Crippen LogP contribution in [-0.2, 0) is 0 Å². The summed E-state index contributed by atoms with van der Waals surface area (Å²) in [5.41, 5.74) is 1.75. The van der Waals surface area contributed by atoms with Crippen molar-refractivity contribution in [3.8, 4) is 5.75 Å². The van der Waals surface area contributed by atoms with E-state index in [-0.39, 0.29) is 11.9 Å². The zero-order chi connectivity index (χ0) is 16.2. The summed E-state index contributed by atoms with van der Waals surface area (Å²) in [4.78, 5) is 19.9. The topological polar surface area (TPSA) is 48.6 Å². The molecule has 5 heteroatoms. The summed E-state index contributed by atoms with van der Waals surface area (Å²) in [5, 5.41) is 0. The summed E-state index contributed by atoms with van der Waals surface area (Å²) in [6.07, 6.45) is 2.72. The molecular weight excluding hydrogens is 290 g/mol. The Hall–Kier alpha value is -2.43. The molecule has 0 aliphatic carbocycles. The zero-order valence-corrected chi connectivity index (χ0v) is 13.7. The van der Waals surface area contributed by atoms with E-state index in [0.717, 1.165) is 30.9 Å². The highest BCUT2D eigenvalue weighted by molar-refractivity contribution is 5.92. The predicted molar refractivity (Wildman–Crippen MR) is 91.1 cm³/mol. The minimum atomic E-state index is 0.0735. The lowest BCUT2D eigenvalue weighted by Gasteiger charge is -2.26. The molecule has 0 radical (unpaired) electrons. The summed E-state index contributed by atoms with van der Waals surface area (Å²) >= 11 is 0. The summed E-state index contributed by atoms with van der Waals surface area (Å²) in [6, 6.07) is 12.0. The van der Waals surface area contributed by atoms with Crippen molar-refractivity contribution in [2.24, 2.45) is 0 Å². The first kappa shape index (κ1) is 15.5. The molecule has 1 N–H and O–H groups in total. The summed E-state index contributed by atoms with van der Waals surface area (Å²) in [6.45, 7) is 4.54. The third-order valence-corrected chi connectivity index (χ3v) is 4.47. The smallest absolute Gasteiger partial charge is 0.270 e. The van der Waals surface area contributed by atoms with Crippen molar-refractivity contribution >= 4 is 11.6 Å². The molecule has 2 aromatic rings. The Morgan fingerprint density at radius 3 is 2.74 bits per heavy atom. The lowest BCUT2D eigenvalue weighted by Crippen LogP contribution is -2.40. The van der Waals surface area contributed by atoms with E-state index < -0.39 is 0 Å². The van der Waals surface area contributed by atoms with Gasteiger partial charge in [0.2, 0.25) is 0 Å². The number of amides is 1. The second-order valence-electron chi connectivity index (χ2n) is 5.88. The minimum absolute atomic E-state index is 0.0735. The number of carbonyl (C=O) groups is 1. The molecule has 1 saturated heterocycles. The molecule has 1 aliphatic heterocycles. The Morgan fingerprint density at radius 2 is 2.00 bits per heavy atom. The van der Waals surface area contributed by atoms with E-state index in [4.69, 9.17) is 4.74 Å². The average molecular weight is 313 g/mol. The number of methoxy groups -OCH3 is 1. The van der Waals surface area contributed by atoms with Crippen LogP contribution in [0.2, 0.25) is 0 Å². The highest BCUT2D eigenvalue weighted by Crippen LogP contribution is 2.29. The molecule has 3 rings (SSSR count). The first-order valence-corrected chi connectivity index (χ1v) is 8.03. The normalized spacial score (nSPS) is 18.6. The van der Waals surface area contributed by atoms with Crippen molar-refractivity contribution in [3.05, 3.63) is 48.3 Å². The van der Waals surface area contributed by atoms with E-state index in [0.29, 0.717) is 12.2 Å². The lowest BCUT2D eigenvalue weighted by molar-refractivity contribution is 0.0700. The van der Waals surface area contributed by atoms with Gasteiger partial charge in [0.05, 0.1) is 12.8 Å². The number of benzene rings is 1. The maximum absolute atomic E-state index is 12.6. The van der Waals surface area contributed by atoms with Crippen molar-refractivity contribution in [2.75, 3.05) is 31.6 Å². The number of aromatic amines is 1. The highest BCUT2D eigenvalue weighted by Gasteiger charge is 2.27. The molecule has 122 valence electrons. The Balaban J connectivity index is 1.77. The molecule has 1 aromatic carbocycles. The number of hydrogen-bond acceptors (Lipinski definition) is 3. The van der Waals surface area contributed by atoms with Gasteiger partial charge < -0.3 is 19.5 Å². The van der Waals surface area contributed by atoms with Gasteiger partial charge in [-0.25, -0.2) is 0 Å². The van der Waals surface area contributed by atoms with Crippen LogP contribution in [0, 0.1) is 0 Å². The zero-order valence-electron chi connectivity index (χ0n) is 13.7. The van der Waals surface area contributed by atoms with Crippen LogP contribution in [0.1, 0.15) is 23.8 Å². The van der Waals surface area contributed by atoms with Crippen LogP contribution in [0.5, 0.6) is 5.75 Å². The van der Waals surface area contributed by atoms with Gasteiger partial charge in [0.15, 0.2) is 0 Å². The molecule has 1 fully saturated rings. The molecule has 1 aliphatic rings. The van der Waals surface area contributed by atoms with Crippen molar-refractivity contribution < 1.29 is 9.53 Å². The molecule has 23 heavy (non-hydrogen) atoms. The Labute approximate surface area is 136 Å². The van der Waals surface area contributed by atoms with Gasteiger partial charge in [-0.05, 0) is 37.6 Å². The second kappa shape index (κ2) is 6.77. The van der Waals surface area contributed by atoms with Gasteiger partial charge in [0, 0.05) is 31.9 Å². The average Bonchev–Trinajstić information content (AvgIpc) is 3.05. The number of hydrogen-bond donors (Lipinski definition) is 1. The van der Waals surface area contributed by atoms with Gasteiger partial charge in [-0.3, -0.25) is 4.79 Å². The van der Waals surface area contributed by atoms with Crippen LogP contribution < -0.4 is 9.64 Å². The number of nitrogens with one attached hydrogen (secondary N) is 1.